The average molecular weight is 383 g/mol. The number of aromatic nitrogens is 2. The fourth-order valence-corrected chi connectivity index (χ4v) is 3.72. The van der Waals surface area contributed by atoms with Crippen LogP contribution in [-0.2, 0) is 10.0 Å². The molecule has 5 nitrogen and oxygen atoms in total. The van der Waals surface area contributed by atoms with Gasteiger partial charge in [0.1, 0.15) is 10.1 Å². The van der Waals surface area contributed by atoms with Crippen LogP contribution in [0.5, 0.6) is 0 Å². The molecule has 2 heterocycles. The van der Waals surface area contributed by atoms with Crippen molar-refractivity contribution in [3.8, 4) is 0 Å². The lowest BCUT2D eigenvalue weighted by Crippen LogP contribution is -2.09. The molecule has 1 aromatic carbocycles. The van der Waals surface area contributed by atoms with E-state index in [0.717, 1.165) is 21.6 Å². The molecule has 0 aliphatic heterocycles. The molecule has 0 saturated carbocycles. The van der Waals surface area contributed by atoms with Crippen molar-refractivity contribution in [3.63, 3.8) is 0 Å². The van der Waals surface area contributed by atoms with Gasteiger partial charge in [-0.2, -0.15) is 0 Å². The Kier molecular flexibility index (Phi) is 5.70. The minimum atomic E-state index is -3.62. The monoisotopic (exact) mass is 383 g/mol. The molecule has 2 aromatic heterocycles. The summed E-state index contributed by atoms with van der Waals surface area (Å²) in [5.74, 6) is 0. The van der Waals surface area contributed by atoms with Gasteiger partial charge < -0.3 is 0 Å². The van der Waals surface area contributed by atoms with Gasteiger partial charge in [0.2, 0.25) is 0 Å². The van der Waals surface area contributed by atoms with E-state index in [1.165, 1.54) is 11.8 Å². The molecule has 0 amide bonds. The van der Waals surface area contributed by atoms with Crippen LogP contribution in [0.25, 0.3) is 6.08 Å². The lowest BCUT2D eigenvalue weighted by atomic mass is 10.2. The number of rotatable bonds is 6. The van der Waals surface area contributed by atoms with E-state index in [-0.39, 0.29) is 0 Å². The molecule has 0 fully saturated rings. The quantitative estimate of drug-likeness (QED) is 0.685. The molecule has 1 N–H and O–H groups in total. The van der Waals surface area contributed by atoms with Crippen molar-refractivity contribution >= 4 is 33.5 Å². The molecule has 3 aromatic rings. The van der Waals surface area contributed by atoms with Crippen LogP contribution in [0.4, 0.5) is 5.69 Å². The summed E-state index contributed by atoms with van der Waals surface area (Å²) >= 11 is 1.36. The Bertz CT molecular complexity index is 1000. The first-order valence-corrected chi connectivity index (χ1v) is 10.2. The van der Waals surface area contributed by atoms with Crippen LogP contribution in [0.2, 0.25) is 0 Å². The molecule has 0 saturated heterocycles. The molecule has 0 unspecified atom stereocenters. The fraction of sp³-hybridized carbons (Fsp3) is 0.0526. The van der Waals surface area contributed by atoms with Crippen LogP contribution >= 0.6 is 11.8 Å². The van der Waals surface area contributed by atoms with Gasteiger partial charge in [0.15, 0.2) is 0 Å². The van der Waals surface area contributed by atoms with Gasteiger partial charge in [-0.3, -0.25) is 4.72 Å². The summed E-state index contributed by atoms with van der Waals surface area (Å²) in [4.78, 5) is 8.46. The maximum Gasteiger partial charge on any atom is 0.255 e. The van der Waals surface area contributed by atoms with Gasteiger partial charge in [0, 0.05) is 12.4 Å². The van der Waals surface area contributed by atoms with Crippen molar-refractivity contribution in [2.75, 3.05) is 4.72 Å². The van der Waals surface area contributed by atoms with Crippen LogP contribution < -0.4 is 4.72 Å². The number of nitrogens with zero attached hydrogens (tertiary/aromatic N) is 2. The summed E-state index contributed by atoms with van der Waals surface area (Å²) in [5.41, 5.74) is 2.40. The molecule has 26 heavy (non-hydrogen) atoms. The van der Waals surface area contributed by atoms with Gasteiger partial charge >= 0.3 is 0 Å². The Morgan fingerprint density at radius 1 is 0.962 bits per heavy atom. The second-order valence-electron chi connectivity index (χ2n) is 5.51. The Morgan fingerprint density at radius 3 is 2.46 bits per heavy atom. The highest BCUT2D eigenvalue weighted by Gasteiger charge is 2.07. The number of hydrogen-bond donors (Lipinski definition) is 1. The Morgan fingerprint density at radius 2 is 1.73 bits per heavy atom. The number of hydrogen-bond acceptors (Lipinski definition) is 5. The van der Waals surface area contributed by atoms with Gasteiger partial charge in [0.25, 0.3) is 10.0 Å². The highest BCUT2D eigenvalue weighted by atomic mass is 32.2. The molecule has 0 aliphatic rings. The van der Waals surface area contributed by atoms with Crippen molar-refractivity contribution in [2.45, 2.75) is 17.0 Å². The normalized spacial score (nSPS) is 11.6. The molecule has 7 heteroatoms. The number of aryl methyl sites for hydroxylation is 1. The first-order valence-electron chi connectivity index (χ1n) is 7.83. The summed E-state index contributed by atoms with van der Waals surface area (Å²) in [7, 11) is -3.62. The number of nitrogens with one attached hydrogen (secondary N) is 1. The Balaban J connectivity index is 1.71. The number of benzene rings is 1. The van der Waals surface area contributed by atoms with Crippen LogP contribution in [-0.4, -0.2) is 18.4 Å². The van der Waals surface area contributed by atoms with Crippen LogP contribution in [0.15, 0.2) is 82.5 Å². The van der Waals surface area contributed by atoms with Crippen LogP contribution in [0, 0.1) is 6.92 Å². The van der Waals surface area contributed by atoms with E-state index in [1.54, 1.807) is 30.6 Å². The second kappa shape index (κ2) is 8.16. The second-order valence-corrected chi connectivity index (χ2v) is 8.12. The minimum Gasteiger partial charge on any atom is -0.280 e. The third kappa shape index (κ3) is 5.44. The van der Waals surface area contributed by atoms with E-state index in [4.69, 9.17) is 0 Å². The largest absolute Gasteiger partial charge is 0.280 e. The van der Waals surface area contributed by atoms with Gasteiger partial charge in [-0.15, -0.1) is 0 Å². The maximum atomic E-state index is 12.3. The topological polar surface area (TPSA) is 72.0 Å². The lowest BCUT2D eigenvalue weighted by molar-refractivity contribution is 0.609. The molecule has 0 radical (unpaired) electrons. The van der Waals surface area contributed by atoms with E-state index in [0.29, 0.717) is 10.7 Å². The van der Waals surface area contributed by atoms with E-state index >= 15 is 0 Å². The molecule has 0 spiro atoms. The third-order valence-electron chi connectivity index (χ3n) is 3.36. The maximum absolute atomic E-state index is 12.3. The first-order chi connectivity index (χ1) is 12.5. The van der Waals surface area contributed by atoms with Crippen LogP contribution in [0.3, 0.4) is 0 Å². The molecule has 0 atom stereocenters. The van der Waals surface area contributed by atoms with Gasteiger partial charge in [-0.05, 0) is 42.8 Å². The SMILES string of the molecule is Cc1ccc(/C=C/S(=O)(=O)Nc2ccnc(Sc3ccccn3)c2)cc1. The van der Waals surface area contributed by atoms with Crippen molar-refractivity contribution < 1.29 is 8.42 Å². The zero-order valence-corrected chi connectivity index (χ0v) is 15.7. The predicted octanol–water partition coefficient (Wildman–Crippen LogP) is 4.35. The molecule has 3 rings (SSSR count). The summed E-state index contributed by atoms with van der Waals surface area (Å²) in [6, 6.07) is 16.5. The minimum absolute atomic E-state index is 0.451. The molecule has 0 bridgehead atoms. The van der Waals surface area contributed by atoms with Crippen LogP contribution in [0.1, 0.15) is 11.1 Å². The summed E-state index contributed by atoms with van der Waals surface area (Å²) in [6.07, 6.45) is 4.82. The van der Waals surface area contributed by atoms with E-state index in [2.05, 4.69) is 14.7 Å². The number of sulfonamides is 1. The third-order valence-corrected chi connectivity index (χ3v) is 5.26. The van der Waals surface area contributed by atoms with E-state index in [9.17, 15) is 8.42 Å². The molecular formula is C19H17N3O2S2. The van der Waals surface area contributed by atoms with E-state index in [1.807, 2.05) is 49.4 Å². The van der Waals surface area contributed by atoms with E-state index < -0.39 is 10.0 Å². The highest BCUT2D eigenvalue weighted by Crippen LogP contribution is 2.25. The molecule has 0 aliphatic carbocycles. The smallest absolute Gasteiger partial charge is 0.255 e. The number of pyridine rings is 2. The summed E-state index contributed by atoms with van der Waals surface area (Å²) in [6.45, 7) is 1.98. The number of anilines is 1. The zero-order valence-electron chi connectivity index (χ0n) is 14.0. The molecular weight excluding hydrogens is 366 g/mol. The van der Waals surface area contributed by atoms with Gasteiger partial charge in [0.05, 0.1) is 11.1 Å². The Hall–Kier alpha value is -2.64. The van der Waals surface area contributed by atoms with Gasteiger partial charge in [-0.1, -0.05) is 47.7 Å². The summed E-state index contributed by atoms with van der Waals surface area (Å²) < 4.78 is 27.1. The summed E-state index contributed by atoms with van der Waals surface area (Å²) in [5, 5.41) is 2.61. The Labute approximate surface area is 157 Å². The first kappa shape index (κ1) is 18.2. The lowest BCUT2D eigenvalue weighted by Gasteiger charge is -2.06. The zero-order chi connectivity index (χ0) is 18.4. The highest BCUT2D eigenvalue weighted by molar-refractivity contribution is 7.99. The average Bonchev–Trinajstić information content (AvgIpc) is 2.62. The van der Waals surface area contributed by atoms with Crippen molar-refractivity contribution in [3.05, 3.63) is 83.5 Å². The predicted molar refractivity (Wildman–Crippen MR) is 105 cm³/mol. The van der Waals surface area contributed by atoms with Gasteiger partial charge in [-0.25, -0.2) is 18.4 Å². The van der Waals surface area contributed by atoms with Crippen molar-refractivity contribution in [1.82, 2.24) is 9.97 Å². The standard InChI is InChI=1S/C19H17N3O2S2/c1-15-5-7-16(8-6-15)10-13-26(23,24)22-17-9-12-21-19(14-17)25-18-4-2-3-11-20-18/h2-14H,1H3,(H,21,22)/b13-10+. The van der Waals surface area contributed by atoms with Crippen molar-refractivity contribution in [1.29, 1.82) is 0 Å². The van der Waals surface area contributed by atoms with Crippen molar-refractivity contribution in [2.24, 2.45) is 0 Å². The molecule has 132 valence electrons. The fourth-order valence-electron chi connectivity index (χ4n) is 2.09.